The van der Waals surface area contributed by atoms with Gasteiger partial charge in [-0.1, -0.05) is 24.3 Å². The fourth-order valence-electron chi connectivity index (χ4n) is 3.41. The molecule has 0 bridgehead atoms. The van der Waals surface area contributed by atoms with E-state index in [4.69, 9.17) is 0 Å². The van der Waals surface area contributed by atoms with Gasteiger partial charge >= 0.3 is 0 Å². The summed E-state index contributed by atoms with van der Waals surface area (Å²) in [5.41, 5.74) is 0. The summed E-state index contributed by atoms with van der Waals surface area (Å²) in [6, 6.07) is 18.0. The van der Waals surface area contributed by atoms with Crippen LogP contribution in [0.5, 0.6) is 0 Å². The lowest BCUT2D eigenvalue weighted by Gasteiger charge is -1.90. The Morgan fingerprint density at radius 1 is 0.500 bits per heavy atom. The first-order valence-corrected chi connectivity index (χ1v) is 11.7. The second-order valence-electron chi connectivity index (χ2n) is 6.28. The molecule has 26 heavy (non-hydrogen) atoms. The maximum atomic E-state index is 2.31. The summed E-state index contributed by atoms with van der Waals surface area (Å²) in [7, 11) is 0. The molecule has 2 aromatic carbocycles. The van der Waals surface area contributed by atoms with E-state index in [1.165, 1.54) is 50.1 Å². The van der Waals surface area contributed by atoms with E-state index in [2.05, 4.69) is 71.4 Å². The molecule has 0 spiro atoms. The molecule has 0 aliphatic carbocycles. The van der Waals surface area contributed by atoms with Crippen LogP contribution in [0.15, 0.2) is 59.3 Å². The summed E-state index contributed by atoms with van der Waals surface area (Å²) in [6.45, 7) is 0. The van der Waals surface area contributed by atoms with Crippen LogP contribution in [0.1, 0.15) is 9.75 Å². The smallest absolute Gasteiger partial charge is 0.0527 e. The van der Waals surface area contributed by atoms with Crippen molar-refractivity contribution in [1.29, 1.82) is 0 Å². The van der Waals surface area contributed by atoms with Gasteiger partial charge in [-0.15, -0.1) is 45.3 Å². The molecular formula is C22H12S4. The molecule has 0 amide bonds. The number of benzene rings is 2. The average molecular weight is 405 g/mol. The van der Waals surface area contributed by atoms with Crippen LogP contribution >= 0.6 is 45.3 Å². The number of hydrogen-bond donors (Lipinski definition) is 0. The molecule has 0 N–H and O–H groups in total. The monoisotopic (exact) mass is 404 g/mol. The molecule has 4 heterocycles. The van der Waals surface area contributed by atoms with Crippen molar-refractivity contribution in [2.45, 2.75) is 0 Å². The molecular weight excluding hydrogens is 393 g/mol. The van der Waals surface area contributed by atoms with Crippen LogP contribution in [0, 0.1) is 0 Å². The zero-order valence-electron chi connectivity index (χ0n) is 13.6. The third-order valence-corrected chi connectivity index (χ3v) is 9.08. The molecule has 4 aromatic heterocycles. The highest BCUT2D eigenvalue weighted by Crippen LogP contribution is 2.38. The number of rotatable bonds is 2. The fraction of sp³-hybridized carbons (Fsp3) is 0. The van der Waals surface area contributed by atoms with Crippen molar-refractivity contribution in [2.75, 3.05) is 0 Å². The quantitative estimate of drug-likeness (QED) is 0.271. The first-order valence-electron chi connectivity index (χ1n) is 8.33. The van der Waals surface area contributed by atoms with Gasteiger partial charge in [0.1, 0.15) is 0 Å². The summed E-state index contributed by atoms with van der Waals surface area (Å²) in [6.07, 6.45) is 4.53. The Morgan fingerprint density at radius 2 is 0.962 bits per heavy atom. The van der Waals surface area contributed by atoms with Crippen LogP contribution in [0.3, 0.4) is 0 Å². The normalized spacial score (nSPS) is 12.5. The zero-order chi connectivity index (χ0) is 17.1. The zero-order valence-corrected chi connectivity index (χ0v) is 16.8. The van der Waals surface area contributed by atoms with E-state index in [1.807, 2.05) is 45.3 Å². The minimum atomic E-state index is 1.32. The summed E-state index contributed by atoms with van der Waals surface area (Å²) in [5.74, 6) is 0. The molecule has 0 unspecified atom stereocenters. The lowest BCUT2D eigenvalue weighted by molar-refractivity contribution is 1.94. The highest BCUT2D eigenvalue weighted by molar-refractivity contribution is 7.27. The van der Waals surface area contributed by atoms with Gasteiger partial charge in [-0.2, -0.15) is 0 Å². The Labute approximate surface area is 166 Å². The van der Waals surface area contributed by atoms with Crippen LogP contribution < -0.4 is 0 Å². The van der Waals surface area contributed by atoms with Gasteiger partial charge in [-0.3, -0.25) is 0 Å². The molecule has 0 saturated heterocycles. The van der Waals surface area contributed by atoms with Crippen LogP contribution in [0.2, 0.25) is 0 Å². The Balaban J connectivity index is 1.44. The topological polar surface area (TPSA) is 0 Å². The summed E-state index contributed by atoms with van der Waals surface area (Å²) in [5, 5.41) is 9.76. The molecule has 0 aliphatic rings. The first-order chi connectivity index (χ1) is 12.8. The molecule has 124 valence electrons. The summed E-state index contributed by atoms with van der Waals surface area (Å²) in [4.78, 5) is 2.64. The Bertz CT molecular complexity index is 1320. The standard InChI is InChI=1S/C22H12S4/c1-3-15-11-17(25-21(15)19-13(1)7-9-23-19)5-6-18-12-16-4-2-14-8-10-24-20(14)22(16)26-18/h1-12H/b6-5+. The maximum absolute atomic E-state index is 2.31. The predicted molar refractivity (Wildman–Crippen MR) is 123 cm³/mol. The Hall–Kier alpha value is -1.98. The van der Waals surface area contributed by atoms with E-state index in [9.17, 15) is 0 Å². The van der Waals surface area contributed by atoms with Crippen molar-refractivity contribution in [3.05, 3.63) is 69.0 Å². The van der Waals surface area contributed by atoms with E-state index in [-0.39, 0.29) is 0 Å². The molecule has 4 heteroatoms. The molecule has 6 rings (SSSR count). The van der Waals surface area contributed by atoms with Crippen molar-refractivity contribution >= 4 is 97.8 Å². The van der Waals surface area contributed by atoms with Crippen LogP contribution in [0.4, 0.5) is 0 Å². The molecule has 0 aliphatic heterocycles. The van der Waals surface area contributed by atoms with Gasteiger partial charge in [-0.05, 0) is 68.7 Å². The van der Waals surface area contributed by atoms with E-state index in [0.717, 1.165) is 0 Å². The van der Waals surface area contributed by atoms with E-state index in [1.54, 1.807) is 0 Å². The molecule has 6 aromatic rings. The first kappa shape index (κ1) is 15.1. The third kappa shape index (κ3) is 2.30. The number of hydrogen-bond acceptors (Lipinski definition) is 4. The highest BCUT2D eigenvalue weighted by atomic mass is 32.1. The van der Waals surface area contributed by atoms with Gasteiger partial charge in [0.05, 0.1) is 18.8 Å². The minimum absolute atomic E-state index is 1.32. The third-order valence-electron chi connectivity index (χ3n) is 4.66. The summed E-state index contributed by atoms with van der Waals surface area (Å²) < 4.78 is 5.64. The molecule has 0 saturated carbocycles. The van der Waals surface area contributed by atoms with Crippen LogP contribution in [-0.4, -0.2) is 0 Å². The maximum Gasteiger partial charge on any atom is 0.0527 e. The van der Waals surface area contributed by atoms with Crippen LogP contribution in [0.25, 0.3) is 52.5 Å². The van der Waals surface area contributed by atoms with E-state index < -0.39 is 0 Å². The second kappa shape index (κ2) is 5.76. The van der Waals surface area contributed by atoms with Gasteiger partial charge in [0.25, 0.3) is 0 Å². The largest absolute Gasteiger partial charge is 0.142 e. The minimum Gasteiger partial charge on any atom is -0.142 e. The van der Waals surface area contributed by atoms with E-state index in [0.29, 0.717) is 0 Å². The van der Waals surface area contributed by atoms with Crippen molar-refractivity contribution in [3.63, 3.8) is 0 Å². The highest BCUT2D eigenvalue weighted by Gasteiger charge is 2.07. The molecule has 0 atom stereocenters. The number of fused-ring (bicyclic) bond motifs is 6. The molecule has 0 radical (unpaired) electrons. The summed E-state index contributed by atoms with van der Waals surface area (Å²) >= 11 is 7.46. The fourth-order valence-corrected chi connectivity index (χ4v) is 7.67. The van der Waals surface area contributed by atoms with Gasteiger partial charge < -0.3 is 0 Å². The van der Waals surface area contributed by atoms with Gasteiger partial charge in [0, 0.05) is 9.75 Å². The lowest BCUT2D eigenvalue weighted by Crippen LogP contribution is -1.62. The predicted octanol–water partition coefficient (Wildman–Crippen LogP) is 8.72. The van der Waals surface area contributed by atoms with Gasteiger partial charge in [0.15, 0.2) is 0 Å². The van der Waals surface area contributed by atoms with E-state index >= 15 is 0 Å². The molecule has 0 nitrogen and oxygen atoms in total. The second-order valence-corrected chi connectivity index (χ2v) is 10.3. The van der Waals surface area contributed by atoms with Gasteiger partial charge in [0.2, 0.25) is 0 Å². The lowest BCUT2D eigenvalue weighted by atomic mass is 10.2. The van der Waals surface area contributed by atoms with Crippen molar-refractivity contribution in [3.8, 4) is 0 Å². The van der Waals surface area contributed by atoms with Crippen LogP contribution in [-0.2, 0) is 0 Å². The van der Waals surface area contributed by atoms with Crippen molar-refractivity contribution in [2.24, 2.45) is 0 Å². The molecule has 0 fully saturated rings. The SMILES string of the molecule is C(=C\c1cc2ccc3ccsc3c2s1)/c1cc2ccc3ccsc3c2s1. The van der Waals surface area contributed by atoms with Crippen molar-refractivity contribution in [1.82, 2.24) is 0 Å². The Morgan fingerprint density at radius 3 is 1.46 bits per heavy atom. The van der Waals surface area contributed by atoms with Gasteiger partial charge in [-0.25, -0.2) is 0 Å². The van der Waals surface area contributed by atoms with Crippen molar-refractivity contribution < 1.29 is 0 Å². The number of thiophene rings is 4. The Kier molecular flexibility index (Phi) is 3.35. The average Bonchev–Trinajstić information content (AvgIpc) is 3.43.